The molecule has 0 fully saturated rings. The Kier molecular flexibility index (Phi) is 6.77. The van der Waals surface area contributed by atoms with Gasteiger partial charge in [-0.05, 0) is 56.3 Å². The van der Waals surface area contributed by atoms with E-state index in [1.165, 1.54) is 10.7 Å². The maximum absolute atomic E-state index is 13.1. The first-order chi connectivity index (χ1) is 16.9. The summed E-state index contributed by atoms with van der Waals surface area (Å²) in [7, 11) is 1.75. The number of carbonyl (C=O) groups excluding carboxylic acids is 2. The van der Waals surface area contributed by atoms with E-state index in [0.29, 0.717) is 23.7 Å². The molecule has 9 nitrogen and oxygen atoms in total. The Morgan fingerprint density at radius 3 is 2.49 bits per heavy atom. The number of aromatic nitrogens is 3. The number of para-hydroxylation sites is 1. The normalized spacial score (nSPS) is 10.6. The Hall–Kier alpha value is -4.66. The van der Waals surface area contributed by atoms with Gasteiger partial charge < -0.3 is 15.4 Å². The van der Waals surface area contributed by atoms with E-state index in [1.54, 1.807) is 55.2 Å². The van der Waals surface area contributed by atoms with Crippen LogP contribution in [0.5, 0.6) is 5.88 Å². The Balaban J connectivity index is 1.56. The molecule has 0 radical (unpaired) electrons. The molecule has 2 N–H and O–H groups in total. The minimum Gasteiger partial charge on any atom is -0.477 e. The highest BCUT2D eigenvalue weighted by Crippen LogP contribution is 2.19. The zero-order valence-electron chi connectivity index (χ0n) is 19.6. The van der Waals surface area contributed by atoms with Crippen molar-refractivity contribution in [1.29, 1.82) is 0 Å². The second kappa shape index (κ2) is 10.1. The molecule has 2 heterocycles. The Labute approximate surface area is 202 Å². The van der Waals surface area contributed by atoms with Gasteiger partial charge in [0.05, 0.1) is 18.0 Å². The van der Waals surface area contributed by atoms with Crippen LogP contribution < -0.4 is 20.9 Å². The van der Waals surface area contributed by atoms with Crippen LogP contribution in [0.15, 0.2) is 77.7 Å². The number of hydrogen-bond donors (Lipinski definition) is 2. The van der Waals surface area contributed by atoms with Crippen molar-refractivity contribution in [3.05, 3.63) is 100 Å². The summed E-state index contributed by atoms with van der Waals surface area (Å²) >= 11 is 0. The zero-order valence-corrected chi connectivity index (χ0v) is 19.6. The SMILES string of the molecule is CCOc1ncccc1C(=O)Nc1cccc(C(=O)Nc2c(C)n(C)n(-c3ccccc3)c2=O)c1. The predicted octanol–water partition coefficient (Wildman–Crippen LogP) is 3.78. The lowest BCUT2D eigenvalue weighted by Gasteiger charge is -2.10. The summed E-state index contributed by atoms with van der Waals surface area (Å²) in [5.74, 6) is -0.650. The molecule has 0 unspecified atom stereocenters. The molecular weight excluding hydrogens is 446 g/mol. The number of nitrogens with one attached hydrogen (secondary N) is 2. The fourth-order valence-electron chi connectivity index (χ4n) is 3.65. The van der Waals surface area contributed by atoms with Gasteiger partial charge in [-0.25, -0.2) is 9.67 Å². The average molecular weight is 472 g/mol. The highest BCUT2D eigenvalue weighted by atomic mass is 16.5. The number of hydrogen-bond acceptors (Lipinski definition) is 5. The predicted molar refractivity (Wildman–Crippen MR) is 134 cm³/mol. The van der Waals surface area contributed by atoms with Crippen molar-refractivity contribution in [1.82, 2.24) is 14.3 Å². The van der Waals surface area contributed by atoms with Gasteiger partial charge >= 0.3 is 0 Å². The summed E-state index contributed by atoms with van der Waals surface area (Å²) in [4.78, 5) is 43.0. The molecule has 0 spiro atoms. The molecule has 0 aliphatic rings. The van der Waals surface area contributed by atoms with Crippen molar-refractivity contribution in [2.24, 2.45) is 7.05 Å². The smallest absolute Gasteiger partial charge is 0.295 e. The first kappa shape index (κ1) is 23.5. The second-order valence-electron chi connectivity index (χ2n) is 7.71. The Morgan fingerprint density at radius 1 is 0.971 bits per heavy atom. The minimum atomic E-state index is -0.469. The molecule has 0 saturated heterocycles. The van der Waals surface area contributed by atoms with Crippen LogP contribution in [0.4, 0.5) is 11.4 Å². The molecule has 9 heteroatoms. The van der Waals surface area contributed by atoms with E-state index in [4.69, 9.17) is 4.74 Å². The third kappa shape index (κ3) is 4.84. The fourth-order valence-corrected chi connectivity index (χ4v) is 3.65. The maximum Gasteiger partial charge on any atom is 0.295 e. The van der Waals surface area contributed by atoms with Crippen molar-refractivity contribution in [2.75, 3.05) is 17.2 Å². The molecule has 178 valence electrons. The zero-order chi connectivity index (χ0) is 24.9. The number of carbonyl (C=O) groups is 2. The molecule has 2 aromatic carbocycles. The summed E-state index contributed by atoms with van der Waals surface area (Å²) in [6.45, 7) is 3.94. The summed E-state index contributed by atoms with van der Waals surface area (Å²) < 4.78 is 8.60. The van der Waals surface area contributed by atoms with E-state index in [-0.39, 0.29) is 28.3 Å². The maximum atomic E-state index is 13.1. The highest BCUT2D eigenvalue weighted by molar-refractivity contribution is 6.08. The third-order valence-electron chi connectivity index (χ3n) is 5.47. The minimum absolute atomic E-state index is 0.188. The van der Waals surface area contributed by atoms with Crippen LogP contribution in [0.25, 0.3) is 5.69 Å². The molecule has 2 amide bonds. The van der Waals surface area contributed by atoms with Gasteiger partial charge in [0.1, 0.15) is 11.3 Å². The van der Waals surface area contributed by atoms with Gasteiger partial charge in [0.25, 0.3) is 17.4 Å². The first-order valence-electron chi connectivity index (χ1n) is 11.0. The summed E-state index contributed by atoms with van der Waals surface area (Å²) in [6.07, 6.45) is 1.55. The topological polar surface area (TPSA) is 107 Å². The lowest BCUT2D eigenvalue weighted by atomic mass is 10.1. The fraction of sp³-hybridized carbons (Fsp3) is 0.154. The average Bonchev–Trinajstić information content (AvgIpc) is 3.08. The van der Waals surface area contributed by atoms with Crippen LogP contribution in [0.1, 0.15) is 33.3 Å². The van der Waals surface area contributed by atoms with E-state index >= 15 is 0 Å². The first-order valence-corrected chi connectivity index (χ1v) is 11.0. The molecule has 35 heavy (non-hydrogen) atoms. The number of amides is 2. The standard InChI is InChI=1S/C26H25N5O4/c1-4-35-25-21(14-9-15-27-25)24(33)28-19-11-8-10-18(16-19)23(32)29-22-17(2)30(3)31(26(22)34)20-12-6-5-7-13-20/h5-16H,4H2,1-3H3,(H,28,33)(H,29,32). The van der Waals surface area contributed by atoms with E-state index in [0.717, 1.165) is 0 Å². The van der Waals surface area contributed by atoms with Crippen molar-refractivity contribution < 1.29 is 14.3 Å². The molecular formula is C26H25N5O4. The van der Waals surface area contributed by atoms with Gasteiger partial charge in [0.2, 0.25) is 5.88 Å². The van der Waals surface area contributed by atoms with Crippen molar-refractivity contribution >= 4 is 23.2 Å². The monoisotopic (exact) mass is 471 g/mol. The van der Waals surface area contributed by atoms with E-state index < -0.39 is 11.8 Å². The van der Waals surface area contributed by atoms with Gasteiger partial charge in [-0.15, -0.1) is 0 Å². The molecule has 2 aromatic heterocycles. The lowest BCUT2D eigenvalue weighted by molar-refractivity contribution is 0.101. The van der Waals surface area contributed by atoms with Crippen molar-refractivity contribution in [2.45, 2.75) is 13.8 Å². The second-order valence-corrected chi connectivity index (χ2v) is 7.71. The van der Waals surface area contributed by atoms with Crippen molar-refractivity contribution in [3.8, 4) is 11.6 Å². The molecule has 4 rings (SSSR count). The molecule has 4 aromatic rings. The van der Waals surface area contributed by atoms with E-state index in [1.807, 2.05) is 37.3 Å². The van der Waals surface area contributed by atoms with Crippen LogP contribution in [-0.2, 0) is 7.05 Å². The molecule has 0 atom stereocenters. The molecule has 0 aliphatic heterocycles. The van der Waals surface area contributed by atoms with Gasteiger partial charge in [0.15, 0.2) is 0 Å². The number of benzene rings is 2. The van der Waals surface area contributed by atoms with Crippen LogP contribution in [0, 0.1) is 6.92 Å². The number of nitrogens with zero attached hydrogens (tertiary/aromatic N) is 3. The molecule has 0 bridgehead atoms. The van der Waals surface area contributed by atoms with Gasteiger partial charge in [-0.3, -0.25) is 19.1 Å². The third-order valence-corrected chi connectivity index (χ3v) is 5.47. The number of pyridine rings is 1. The number of anilines is 2. The molecule has 0 aliphatic carbocycles. The van der Waals surface area contributed by atoms with Crippen LogP contribution >= 0.6 is 0 Å². The van der Waals surface area contributed by atoms with Crippen LogP contribution in [-0.4, -0.2) is 32.8 Å². The quantitative estimate of drug-likeness (QED) is 0.427. The Morgan fingerprint density at radius 2 is 1.74 bits per heavy atom. The summed E-state index contributed by atoms with van der Waals surface area (Å²) in [5, 5.41) is 5.49. The van der Waals surface area contributed by atoms with Gasteiger partial charge in [-0.1, -0.05) is 24.3 Å². The largest absolute Gasteiger partial charge is 0.477 e. The van der Waals surface area contributed by atoms with Crippen molar-refractivity contribution in [3.63, 3.8) is 0 Å². The van der Waals surface area contributed by atoms with E-state index in [2.05, 4.69) is 15.6 Å². The van der Waals surface area contributed by atoms with Gasteiger partial charge in [0, 0.05) is 24.5 Å². The summed E-state index contributed by atoms with van der Waals surface area (Å²) in [6, 6.07) is 18.9. The van der Waals surface area contributed by atoms with E-state index in [9.17, 15) is 14.4 Å². The lowest BCUT2D eigenvalue weighted by Crippen LogP contribution is -2.23. The number of ether oxygens (including phenoxy) is 1. The molecule has 0 saturated carbocycles. The van der Waals surface area contributed by atoms with Crippen LogP contribution in [0.3, 0.4) is 0 Å². The summed E-state index contributed by atoms with van der Waals surface area (Å²) in [5.41, 5.74) is 2.13. The highest BCUT2D eigenvalue weighted by Gasteiger charge is 2.19. The van der Waals surface area contributed by atoms with Gasteiger partial charge in [-0.2, -0.15) is 0 Å². The number of rotatable bonds is 7. The van der Waals surface area contributed by atoms with Crippen LogP contribution in [0.2, 0.25) is 0 Å². The Bertz CT molecular complexity index is 1440.